The second kappa shape index (κ2) is 6.93. The Balaban J connectivity index is 1.60. The monoisotopic (exact) mass is 319 g/mol. The number of anilines is 1. The summed E-state index contributed by atoms with van der Waals surface area (Å²) in [7, 11) is 0. The number of rotatable bonds is 5. The Labute approximate surface area is 134 Å². The molecule has 124 valence electrons. The number of benzene rings is 1. The molecular formula is C15H21N5O3. The van der Waals surface area contributed by atoms with E-state index in [2.05, 4.69) is 15.0 Å². The smallest absolute Gasteiger partial charge is 0.288 e. The molecule has 3 N–H and O–H groups in total. The van der Waals surface area contributed by atoms with Crippen LogP contribution >= 0.6 is 0 Å². The maximum absolute atomic E-state index is 11.7. The quantitative estimate of drug-likeness (QED) is 0.592. The highest BCUT2D eigenvalue weighted by Crippen LogP contribution is 2.17. The van der Waals surface area contributed by atoms with Crippen molar-refractivity contribution in [2.75, 3.05) is 32.0 Å². The first-order valence-electron chi connectivity index (χ1n) is 7.82. The molecule has 0 spiro atoms. The summed E-state index contributed by atoms with van der Waals surface area (Å²) in [4.78, 5) is 6.66. The highest BCUT2D eigenvalue weighted by molar-refractivity contribution is 5.73. The van der Waals surface area contributed by atoms with Crippen molar-refractivity contribution in [3.63, 3.8) is 0 Å². The van der Waals surface area contributed by atoms with Gasteiger partial charge in [-0.25, -0.2) is 4.98 Å². The average Bonchev–Trinajstić information content (AvgIpc) is 2.54. The van der Waals surface area contributed by atoms with Crippen molar-refractivity contribution in [2.24, 2.45) is 0 Å². The number of piperidine rings is 1. The van der Waals surface area contributed by atoms with Gasteiger partial charge in [0.2, 0.25) is 0 Å². The molecule has 2 heterocycles. The molecule has 1 saturated heterocycles. The number of likely N-dealkylation sites (tertiary alicyclic amines) is 1. The molecule has 0 saturated carbocycles. The molecule has 8 nitrogen and oxygen atoms in total. The highest BCUT2D eigenvalue weighted by atomic mass is 16.5. The van der Waals surface area contributed by atoms with Gasteiger partial charge >= 0.3 is 0 Å². The van der Waals surface area contributed by atoms with E-state index in [9.17, 15) is 10.3 Å². The molecule has 3 rings (SSSR count). The van der Waals surface area contributed by atoms with E-state index in [1.54, 1.807) is 18.2 Å². The van der Waals surface area contributed by atoms with E-state index in [0.29, 0.717) is 22.7 Å². The number of aliphatic hydroxyl groups is 1. The third-order valence-electron chi connectivity index (χ3n) is 3.94. The summed E-state index contributed by atoms with van der Waals surface area (Å²) in [5.74, 6) is 0.422. The van der Waals surface area contributed by atoms with Crippen molar-refractivity contribution < 1.29 is 14.7 Å². The SMILES string of the molecule is Nc1nc2ccc(OCC(O)CN3CCCCC3)cc2[n+]([O-])n1. The van der Waals surface area contributed by atoms with Crippen LogP contribution in [0, 0.1) is 5.21 Å². The molecule has 2 aromatic rings. The van der Waals surface area contributed by atoms with Gasteiger partial charge in [-0.15, -0.1) is 0 Å². The Morgan fingerprint density at radius 2 is 2.13 bits per heavy atom. The summed E-state index contributed by atoms with van der Waals surface area (Å²) in [6, 6.07) is 4.89. The zero-order chi connectivity index (χ0) is 16.2. The molecule has 1 aliphatic heterocycles. The molecule has 1 aromatic carbocycles. The van der Waals surface area contributed by atoms with Crippen LogP contribution in [0.4, 0.5) is 5.95 Å². The molecule has 1 atom stereocenters. The molecule has 0 amide bonds. The Morgan fingerprint density at radius 3 is 2.91 bits per heavy atom. The normalized spacial score (nSPS) is 17.3. The fourth-order valence-corrected chi connectivity index (χ4v) is 2.82. The predicted molar refractivity (Wildman–Crippen MR) is 84.7 cm³/mol. The van der Waals surface area contributed by atoms with Gasteiger partial charge in [0, 0.05) is 6.54 Å². The Bertz CT molecular complexity index is 675. The first kappa shape index (κ1) is 15.7. The third kappa shape index (κ3) is 3.96. The molecule has 1 fully saturated rings. The summed E-state index contributed by atoms with van der Waals surface area (Å²) < 4.78 is 5.59. The molecule has 1 aliphatic rings. The summed E-state index contributed by atoms with van der Waals surface area (Å²) in [6.45, 7) is 2.84. The molecular weight excluding hydrogens is 298 g/mol. The van der Waals surface area contributed by atoms with Gasteiger partial charge in [0.25, 0.3) is 11.5 Å². The van der Waals surface area contributed by atoms with E-state index >= 15 is 0 Å². The van der Waals surface area contributed by atoms with E-state index in [4.69, 9.17) is 10.5 Å². The number of ether oxygens (including phenoxy) is 1. The van der Waals surface area contributed by atoms with Gasteiger partial charge in [-0.1, -0.05) is 6.42 Å². The van der Waals surface area contributed by atoms with Crippen molar-refractivity contribution in [1.29, 1.82) is 0 Å². The number of nitrogens with two attached hydrogens (primary N) is 1. The summed E-state index contributed by atoms with van der Waals surface area (Å²) in [5, 5.41) is 25.4. The summed E-state index contributed by atoms with van der Waals surface area (Å²) in [6.07, 6.45) is 3.07. The van der Waals surface area contributed by atoms with Crippen LogP contribution in [0.15, 0.2) is 18.2 Å². The van der Waals surface area contributed by atoms with Crippen LogP contribution in [0.25, 0.3) is 11.0 Å². The van der Waals surface area contributed by atoms with Gasteiger partial charge in [-0.3, -0.25) is 0 Å². The number of nitrogen functional groups attached to an aromatic ring is 1. The van der Waals surface area contributed by atoms with Gasteiger partial charge in [0.15, 0.2) is 0 Å². The lowest BCUT2D eigenvalue weighted by molar-refractivity contribution is -0.641. The van der Waals surface area contributed by atoms with Crippen molar-refractivity contribution in [1.82, 2.24) is 15.0 Å². The lowest BCUT2D eigenvalue weighted by atomic mass is 10.1. The van der Waals surface area contributed by atoms with Gasteiger partial charge < -0.3 is 25.7 Å². The lowest BCUT2D eigenvalue weighted by Gasteiger charge is -2.28. The van der Waals surface area contributed by atoms with Gasteiger partial charge in [-0.05, 0) is 42.9 Å². The summed E-state index contributed by atoms with van der Waals surface area (Å²) >= 11 is 0. The zero-order valence-corrected chi connectivity index (χ0v) is 12.9. The van der Waals surface area contributed by atoms with Crippen LogP contribution in [-0.2, 0) is 0 Å². The van der Waals surface area contributed by atoms with E-state index < -0.39 is 6.10 Å². The fourth-order valence-electron chi connectivity index (χ4n) is 2.82. The number of aromatic nitrogens is 3. The van der Waals surface area contributed by atoms with Crippen LogP contribution in [0.5, 0.6) is 5.75 Å². The van der Waals surface area contributed by atoms with Crippen LogP contribution in [0.3, 0.4) is 0 Å². The van der Waals surface area contributed by atoms with Gasteiger partial charge in [-0.2, -0.15) is 0 Å². The Hall–Kier alpha value is -2.19. The molecule has 0 radical (unpaired) electrons. The van der Waals surface area contributed by atoms with Crippen molar-refractivity contribution in [3.05, 3.63) is 23.4 Å². The molecule has 8 heteroatoms. The minimum Gasteiger partial charge on any atom is -0.594 e. The maximum atomic E-state index is 11.7. The van der Waals surface area contributed by atoms with Crippen LogP contribution in [-0.4, -0.2) is 52.4 Å². The van der Waals surface area contributed by atoms with Crippen molar-refractivity contribution in [2.45, 2.75) is 25.4 Å². The molecule has 0 aliphatic carbocycles. The van der Waals surface area contributed by atoms with E-state index in [0.717, 1.165) is 13.1 Å². The lowest BCUT2D eigenvalue weighted by Crippen LogP contribution is -2.38. The van der Waals surface area contributed by atoms with Crippen molar-refractivity contribution in [3.8, 4) is 5.75 Å². The minimum absolute atomic E-state index is 0.0712. The second-order valence-electron chi connectivity index (χ2n) is 5.82. The second-order valence-corrected chi connectivity index (χ2v) is 5.82. The van der Waals surface area contributed by atoms with E-state index in [1.807, 2.05) is 0 Å². The Kier molecular flexibility index (Phi) is 4.73. The number of β-amino-alcohol motifs (C(OH)–C–C–N with tert-alkyl or cyclic N) is 1. The van der Waals surface area contributed by atoms with Gasteiger partial charge in [0.05, 0.1) is 11.2 Å². The van der Waals surface area contributed by atoms with E-state index in [1.165, 1.54) is 19.3 Å². The molecule has 23 heavy (non-hydrogen) atoms. The topological polar surface area (TPSA) is 111 Å². The van der Waals surface area contributed by atoms with Crippen LogP contribution in [0.1, 0.15) is 19.3 Å². The molecule has 0 bridgehead atoms. The Morgan fingerprint density at radius 1 is 1.35 bits per heavy atom. The largest absolute Gasteiger partial charge is 0.594 e. The van der Waals surface area contributed by atoms with E-state index in [-0.39, 0.29) is 18.1 Å². The van der Waals surface area contributed by atoms with Crippen LogP contribution in [0.2, 0.25) is 0 Å². The number of nitrogens with zero attached hydrogens (tertiary/aromatic N) is 4. The summed E-state index contributed by atoms with van der Waals surface area (Å²) in [5.41, 5.74) is 6.17. The first-order chi connectivity index (χ1) is 11.1. The molecule has 1 unspecified atom stereocenters. The number of hydrogen-bond donors (Lipinski definition) is 2. The third-order valence-corrected chi connectivity index (χ3v) is 3.94. The first-order valence-corrected chi connectivity index (χ1v) is 7.82. The van der Waals surface area contributed by atoms with Crippen molar-refractivity contribution >= 4 is 17.0 Å². The predicted octanol–water partition coefficient (Wildman–Crippen LogP) is 0.0710. The average molecular weight is 319 g/mol. The number of fused-ring (bicyclic) bond motifs is 1. The fraction of sp³-hybridized carbons (Fsp3) is 0.533. The van der Waals surface area contributed by atoms with Gasteiger partial charge in [0.1, 0.15) is 24.0 Å². The number of aliphatic hydroxyl groups excluding tert-OH is 1. The highest BCUT2D eigenvalue weighted by Gasteiger charge is 2.16. The zero-order valence-electron chi connectivity index (χ0n) is 12.9. The minimum atomic E-state index is -0.564. The number of hydrogen-bond acceptors (Lipinski definition) is 7. The molecule has 1 aromatic heterocycles. The standard InChI is InChI=1S/C15H21N5O3/c16-15-17-13-5-4-12(8-14(13)20(22)18-15)23-10-11(21)9-19-6-2-1-3-7-19/h4-5,8,11,21H,1-3,6-7,9-10H2,(H2,16,17,18). The van der Waals surface area contributed by atoms with Crippen LogP contribution < -0.4 is 15.3 Å². The maximum Gasteiger partial charge on any atom is 0.288 e.